The average Bonchev–Trinajstić information content (AvgIpc) is 2.76. The molecule has 0 N–H and O–H groups in total. The van der Waals surface area contributed by atoms with Gasteiger partial charge in [-0.3, -0.25) is 9.69 Å². The molecule has 2 aliphatic rings. The Balaban J connectivity index is 1.75. The van der Waals surface area contributed by atoms with Crippen molar-refractivity contribution in [2.45, 2.75) is 38.6 Å². The third-order valence-electron chi connectivity index (χ3n) is 5.76. The van der Waals surface area contributed by atoms with Crippen molar-refractivity contribution < 1.29 is 35.9 Å². The summed E-state index contributed by atoms with van der Waals surface area (Å²) in [5, 5.41) is 0. The van der Waals surface area contributed by atoms with Gasteiger partial charge < -0.3 is 9.64 Å². The number of fused-ring (bicyclic) bond motifs is 1. The molecule has 6 nitrogen and oxygen atoms in total. The standard InChI is InChI=1S/C23H20F6N4O2/c1-3-13-8-17-18(14-4-6-16(7-5-14)35-23(27,28)29)30-19(31-20(17)33(9-13)22(25)26)15-10-32(11-15)21(34)12(2)24/h4-7,9,15,22H,2-3,8,10-11H2,1H3. The van der Waals surface area contributed by atoms with E-state index in [-0.39, 0.29) is 36.8 Å². The van der Waals surface area contributed by atoms with E-state index < -0.39 is 36.3 Å². The second-order valence-electron chi connectivity index (χ2n) is 8.12. The van der Waals surface area contributed by atoms with Crippen molar-refractivity contribution in [2.24, 2.45) is 0 Å². The van der Waals surface area contributed by atoms with Gasteiger partial charge in [-0.05, 0) is 36.3 Å². The van der Waals surface area contributed by atoms with Crippen LogP contribution in [0.4, 0.5) is 32.2 Å². The van der Waals surface area contributed by atoms with Crippen molar-refractivity contribution in [1.29, 1.82) is 0 Å². The van der Waals surface area contributed by atoms with Crippen LogP contribution < -0.4 is 9.64 Å². The highest BCUT2D eigenvalue weighted by Crippen LogP contribution is 2.39. The van der Waals surface area contributed by atoms with E-state index in [1.807, 2.05) is 6.92 Å². The molecule has 0 unspecified atom stereocenters. The molecule has 1 aromatic heterocycles. The molecule has 2 aliphatic heterocycles. The molecule has 0 saturated carbocycles. The fourth-order valence-electron chi connectivity index (χ4n) is 3.98. The van der Waals surface area contributed by atoms with E-state index in [0.29, 0.717) is 23.1 Å². The number of allylic oxidation sites excluding steroid dienone is 1. The Bertz CT molecular complexity index is 1170. The number of hydrogen-bond acceptors (Lipinski definition) is 5. The molecule has 0 atom stereocenters. The van der Waals surface area contributed by atoms with Crippen LogP contribution in [0.5, 0.6) is 5.75 Å². The molecule has 0 spiro atoms. The van der Waals surface area contributed by atoms with Crippen molar-refractivity contribution in [1.82, 2.24) is 14.9 Å². The van der Waals surface area contributed by atoms with Crippen LogP contribution in [0.25, 0.3) is 11.3 Å². The first kappa shape index (κ1) is 24.6. The highest BCUT2D eigenvalue weighted by atomic mass is 19.4. The quantitative estimate of drug-likeness (QED) is 0.306. The largest absolute Gasteiger partial charge is 0.573 e. The molecule has 0 bridgehead atoms. The minimum absolute atomic E-state index is 0.0208. The summed E-state index contributed by atoms with van der Waals surface area (Å²) in [4.78, 5) is 22.6. The van der Waals surface area contributed by atoms with E-state index >= 15 is 0 Å². The molecule has 186 valence electrons. The Labute approximate surface area is 196 Å². The van der Waals surface area contributed by atoms with Crippen LogP contribution >= 0.6 is 0 Å². The number of alkyl halides is 5. The summed E-state index contributed by atoms with van der Waals surface area (Å²) in [5.41, 5.74) is 1.78. The number of aromatic nitrogens is 2. The third kappa shape index (κ3) is 5.10. The van der Waals surface area contributed by atoms with Gasteiger partial charge in [0.1, 0.15) is 17.4 Å². The predicted octanol–water partition coefficient (Wildman–Crippen LogP) is 5.33. The number of anilines is 1. The molecule has 3 heterocycles. The number of likely N-dealkylation sites (tertiary alicyclic amines) is 1. The number of carbonyl (C=O) groups is 1. The van der Waals surface area contributed by atoms with Gasteiger partial charge >= 0.3 is 12.9 Å². The summed E-state index contributed by atoms with van der Waals surface area (Å²) < 4.78 is 82.5. The molecule has 0 aliphatic carbocycles. The normalized spacial score (nSPS) is 16.1. The lowest BCUT2D eigenvalue weighted by Crippen LogP contribution is -2.49. The lowest BCUT2D eigenvalue weighted by molar-refractivity contribution is -0.274. The Morgan fingerprint density at radius 3 is 2.40 bits per heavy atom. The first-order valence-corrected chi connectivity index (χ1v) is 10.6. The van der Waals surface area contributed by atoms with Gasteiger partial charge in [0, 0.05) is 36.8 Å². The Kier molecular flexibility index (Phi) is 6.48. The molecule has 1 aromatic carbocycles. The van der Waals surface area contributed by atoms with Crippen molar-refractivity contribution in [3.8, 4) is 17.0 Å². The molecule has 4 rings (SSSR count). The van der Waals surface area contributed by atoms with Gasteiger partial charge in [-0.25, -0.2) is 14.4 Å². The van der Waals surface area contributed by atoms with Gasteiger partial charge in [0.25, 0.3) is 5.91 Å². The van der Waals surface area contributed by atoms with E-state index in [2.05, 4.69) is 21.3 Å². The lowest BCUT2D eigenvalue weighted by atomic mass is 9.94. The van der Waals surface area contributed by atoms with Crippen LogP contribution in [0.2, 0.25) is 0 Å². The van der Waals surface area contributed by atoms with Crippen molar-refractivity contribution in [3.05, 3.63) is 59.8 Å². The smallest absolute Gasteiger partial charge is 0.406 e. The van der Waals surface area contributed by atoms with Crippen LogP contribution in [-0.2, 0) is 11.2 Å². The number of benzene rings is 1. The maximum Gasteiger partial charge on any atom is 0.573 e. The van der Waals surface area contributed by atoms with Gasteiger partial charge in [-0.15, -0.1) is 13.2 Å². The summed E-state index contributed by atoms with van der Waals surface area (Å²) in [6.45, 7) is 2.04. The maximum atomic E-state index is 13.9. The molecule has 1 fully saturated rings. The molecule has 2 aromatic rings. The highest BCUT2D eigenvalue weighted by Gasteiger charge is 2.37. The van der Waals surface area contributed by atoms with E-state index in [1.165, 1.54) is 23.2 Å². The molecule has 35 heavy (non-hydrogen) atoms. The lowest BCUT2D eigenvalue weighted by Gasteiger charge is -2.38. The number of amides is 1. The van der Waals surface area contributed by atoms with Crippen LogP contribution in [0.3, 0.4) is 0 Å². The van der Waals surface area contributed by atoms with E-state index in [1.54, 1.807) is 0 Å². The topological polar surface area (TPSA) is 58.6 Å². The second-order valence-corrected chi connectivity index (χ2v) is 8.12. The minimum atomic E-state index is -4.86. The van der Waals surface area contributed by atoms with Gasteiger partial charge in [0.15, 0.2) is 5.83 Å². The minimum Gasteiger partial charge on any atom is -0.406 e. The zero-order chi connectivity index (χ0) is 25.5. The van der Waals surface area contributed by atoms with Gasteiger partial charge in [0.05, 0.1) is 11.6 Å². The first-order chi connectivity index (χ1) is 16.5. The van der Waals surface area contributed by atoms with Gasteiger partial charge in [-0.2, -0.15) is 8.78 Å². The number of hydrogen-bond donors (Lipinski definition) is 0. The zero-order valence-electron chi connectivity index (χ0n) is 18.5. The monoisotopic (exact) mass is 498 g/mol. The van der Waals surface area contributed by atoms with Crippen LogP contribution in [0, 0.1) is 0 Å². The Morgan fingerprint density at radius 1 is 1.20 bits per heavy atom. The van der Waals surface area contributed by atoms with Crippen molar-refractivity contribution >= 4 is 11.7 Å². The van der Waals surface area contributed by atoms with Crippen LogP contribution in [0.15, 0.2) is 48.4 Å². The molecule has 12 heteroatoms. The van der Waals surface area contributed by atoms with Crippen LogP contribution in [0.1, 0.15) is 30.7 Å². The first-order valence-electron chi connectivity index (χ1n) is 10.6. The third-order valence-corrected chi connectivity index (χ3v) is 5.76. The Morgan fingerprint density at radius 2 is 1.86 bits per heavy atom. The van der Waals surface area contributed by atoms with Gasteiger partial charge in [-0.1, -0.05) is 13.5 Å². The summed E-state index contributed by atoms with van der Waals surface area (Å²) in [5.74, 6) is -2.71. The SMILES string of the molecule is C=C(F)C(=O)N1CC(c2nc(-c3ccc(OC(F)(F)F)cc3)c3c(n2)N(C(F)F)C=C(CC)C3)C1. The zero-order valence-corrected chi connectivity index (χ0v) is 18.5. The summed E-state index contributed by atoms with van der Waals surface area (Å²) >= 11 is 0. The Hall–Kier alpha value is -3.57. The van der Waals surface area contributed by atoms with Crippen molar-refractivity contribution in [3.63, 3.8) is 0 Å². The highest BCUT2D eigenvalue weighted by molar-refractivity contribution is 5.91. The fraction of sp³-hybridized carbons (Fsp3) is 0.348. The number of rotatable bonds is 6. The van der Waals surface area contributed by atoms with Crippen molar-refractivity contribution in [2.75, 3.05) is 18.0 Å². The summed E-state index contributed by atoms with van der Waals surface area (Å²) in [7, 11) is 0. The van der Waals surface area contributed by atoms with E-state index in [9.17, 15) is 31.1 Å². The molecular formula is C23H20F6N4O2. The number of nitrogens with zero attached hydrogens (tertiary/aromatic N) is 4. The fourth-order valence-corrected chi connectivity index (χ4v) is 3.98. The van der Waals surface area contributed by atoms with E-state index in [4.69, 9.17) is 0 Å². The van der Waals surface area contributed by atoms with Gasteiger partial charge in [0.2, 0.25) is 0 Å². The predicted molar refractivity (Wildman–Crippen MR) is 114 cm³/mol. The summed E-state index contributed by atoms with van der Waals surface area (Å²) in [6.07, 6.45) is -2.76. The van der Waals surface area contributed by atoms with Crippen LogP contribution in [-0.4, -0.2) is 46.8 Å². The molecule has 1 amide bonds. The molecule has 0 radical (unpaired) electrons. The average molecular weight is 498 g/mol. The molecule has 1 saturated heterocycles. The number of ether oxygens (including phenoxy) is 1. The second kappa shape index (κ2) is 9.23. The number of halogens is 6. The van der Waals surface area contributed by atoms with E-state index in [0.717, 1.165) is 17.0 Å². The maximum absolute atomic E-state index is 13.9. The summed E-state index contributed by atoms with van der Waals surface area (Å²) in [6, 6.07) is 4.93. The molecular weight excluding hydrogens is 478 g/mol. The number of carbonyl (C=O) groups excluding carboxylic acids is 1.